The predicted octanol–water partition coefficient (Wildman–Crippen LogP) is 4.33. The number of amides is 2. The van der Waals surface area contributed by atoms with Crippen LogP contribution in [0.15, 0.2) is 48.5 Å². The van der Waals surface area contributed by atoms with Gasteiger partial charge in [0.15, 0.2) is 0 Å². The van der Waals surface area contributed by atoms with E-state index in [0.717, 1.165) is 17.5 Å². The molecule has 0 bridgehead atoms. The summed E-state index contributed by atoms with van der Waals surface area (Å²) in [6, 6.07) is 14.1. The number of halogens is 1. The molecule has 0 spiro atoms. The monoisotopic (exact) mass is 454 g/mol. The van der Waals surface area contributed by atoms with Gasteiger partial charge in [0.1, 0.15) is 17.5 Å². The number of ether oxygens (including phenoxy) is 2. The minimum Gasteiger partial charge on any atom is -0.444 e. The molecule has 6 nitrogen and oxygen atoms in total. The van der Waals surface area contributed by atoms with Gasteiger partial charge < -0.3 is 19.3 Å². The summed E-state index contributed by atoms with van der Waals surface area (Å²) in [6.07, 6.45) is 0.101. The molecule has 0 unspecified atom stereocenters. The lowest BCUT2D eigenvalue weighted by Crippen LogP contribution is -2.46. The fourth-order valence-corrected chi connectivity index (χ4v) is 4.47. The Morgan fingerprint density at radius 1 is 1.03 bits per heavy atom. The molecule has 2 aliphatic rings. The molecule has 4 rings (SSSR count). The Labute approximate surface area is 194 Å². The van der Waals surface area contributed by atoms with Crippen molar-refractivity contribution in [3.8, 4) is 0 Å². The van der Waals surface area contributed by atoms with E-state index in [-0.39, 0.29) is 24.4 Å². The van der Waals surface area contributed by atoms with Crippen LogP contribution in [0.5, 0.6) is 0 Å². The topological polar surface area (TPSA) is 59.1 Å². The number of carbonyl (C=O) groups is 2. The lowest BCUT2D eigenvalue weighted by atomic mass is 9.87. The second-order valence-electron chi connectivity index (χ2n) is 9.55. The maximum absolute atomic E-state index is 13.7. The molecule has 33 heavy (non-hydrogen) atoms. The molecule has 0 aromatic heterocycles. The molecule has 0 N–H and O–H groups in total. The summed E-state index contributed by atoms with van der Waals surface area (Å²) in [5.41, 5.74) is 2.52. The van der Waals surface area contributed by atoms with E-state index in [1.54, 1.807) is 17.0 Å². The minimum absolute atomic E-state index is 0.107. The van der Waals surface area contributed by atoms with Crippen molar-refractivity contribution < 1.29 is 23.5 Å². The molecule has 1 fully saturated rings. The Bertz CT molecular complexity index is 1000. The van der Waals surface area contributed by atoms with Crippen molar-refractivity contribution in [2.75, 3.05) is 26.2 Å². The molecule has 0 saturated carbocycles. The first-order chi connectivity index (χ1) is 15.7. The fraction of sp³-hybridized carbons (Fsp3) is 0.462. The van der Waals surface area contributed by atoms with E-state index in [9.17, 15) is 14.0 Å². The summed E-state index contributed by atoms with van der Waals surface area (Å²) < 4.78 is 25.0. The molecule has 2 aliphatic heterocycles. The van der Waals surface area contributed by atoms with Gasteiger partial charge in [-0.1, -0.05) is 36.4 Å². The minimum atomic E-state index is -0.648. The van der Waals surface area contributed by atoms with Crippen LogP contribution in [0.2, 0.25) is 0 Å². The number of hydrogen-bond donors (Lipinski definition) is 0. The fourth-order valence-electron chi connectivity index (χ4n) is 4.47. The Morgan fingerprint density at radius 2 is 1.76 bits per heavy atom. The number of benzene rings is 2. The molecular formula is C26H31FN2O4. The lowest BCUT2D eigenvalue weighted by Gasteiger charge is -2.39. The number of nitrogens with zero attached hydrogens (tertiary/aromatic N) is 2. The number of hydrogen-bond acceptors (Lipinski definition) is 4. The van der Waals surface area contributed by atoms with E-state index in [2.05, 4.69) is 6.07 Å². The van der Waals surface area contributed by atoms with Crippen LogP contribution in [0.3, 0.4) is 0 Å². The van der Waals surface area contributed by atoms with Gasteiger partial charge in [0, 0.05) is 26.1 Å². The summed E-state index contributed by atoms with van der Waals surface area (Å²) >= 11 is 0. The number of fused-ring (bicyclic) bond motifs is 1. The van der Waals surface area contributed by atoms with E-state index >= 15 is 0 Å². The average molecular weight is 455 g/mol. The molecule has 2 aromatic carbocycles. The van der Waals surface area contributed by atoms with Crippen molar-refractivity contribution in [1.82, 2.24) is 9.80 Å². The summed E-state index contributed by atoms with van der Waals surface area (Å²) in [7, 11) is 0. The standard InChI is InChI=1S/C26H31FN2O4/c1-26(2,3)33-25(31)28-14-13-22(32-17-16-28)24(30)29-15-12-18-6-4-5-7-21(18)23(29)19-8-10-20(27)11-9-19/h4-11,22-23H,12-17H2,1-3H3/t22-,23+/m1/s1. The third-order valence-electron chi connectivity index (χ3n) is 6.02. The van der Waals surface area contributed by atoms with Crippen molar-refractivity contribution >= 4 is 12.0 Å². The largest absolute Gasteiger partial charge is 0.444 e. The highest BCUT2D eigenvalue weighted by atomic mass is 19.1. The second kappa shape index (κ2) is 9.51. The van der Waals surface area contributed by atoms with E-state index in [4.69, 9.17) is 9.47 Å². The highest BCUT2D eigenvalue weighted by molar-refractivity contribution is 5.82. The highest BCUT2D eigenvalue weighted by Gasteiger charge is 2.37. The molecule has 2 atom stereocenters. The van der Waals surface area contributed by atoms with E-state index < -0.39 is 17.8 Å². The smallest absolute Gasteiger partial charge is 0.410 e. The van der Waals surface area contributed by atoms with Gasteiger partial charge in [-0.25, -0.2) is 9.18 Å². The van der Waals surface area contributed by atoms with Crippen LogP contribution in [0.4, 0.5) is 9.18 Å². The first kappa shape index (κ1) is 23.2. The van der Waals surface area contributed by atoms with Crippen molar-refractivity contribution in [3.05, 3.63) is 71.0 Å². The zero-order valence-electron chi connectivity index (χ0n) is 19.4. The van der Waals surface area contributed by atoms with Gasteiger partial charge in [-0.15, -0.1) is 0 Å². The van der Waals surface area contributed by atoms with E-state index in [1.165, 1.54) is 17.7 Å². The first-order valence-electron chi connectivity index (χ1n) is 11.5. The van der Waals surface area contributed by atoms with E-state index in [1.807, 2.05) is 43.9 Å². The molecule has 7 heteroatoms. The number of rotatable bonds is 2. The second-order valence-corrected chi connectivity index (χ2v) is 9.55. The zero-order valence-corrected chi connectivity index (χ0v) is 19.4. The average Bonchev–Trinajstić information content (AvgIpc) is 3.04. The quantitative estimate of drug-likeness (QED) is 0.678. The zero-order chi connectivity index (χ0) is 23.6. The predicted molar refractivity (Wildman–Crippen MR) is 122 cm³/mol. The van der Waals surface area contributed by atoms with Crippen LogP contribution >= 0.6 is 0 Å². The Balaban J connectivity index is 1.54. The summed E-state index contributed by atoms with van der Waals surface area (Å²) in [4.78, 5) is 29.6. The van der Waals surface area contributed by atoms with Gasteiger partial charge in [0.25, 0.3) is 5.91 Å². The first-order valence-corrected chi connectivity index (χ1v) is 11.5. The Kier molecular flexibility index (Phi) is 6.70. The van der Waals surface area contributed by atoms with Gasteiger partial charge in [-0.05, 0) is 56.0 Å². The van der Waals surface area contributed by atoms with Crippen LogP contribution in [0.1, 0.15) is 49.9 Å². The highest BCUT2D eigenvalue weighted by Crippen LogP contribution is 2.36. The Morgan fingerprint density at radius 3 is 2.48 bits per heavy atom. The molecule has 2 aromatic rings. The van der Waals surface area contributed by atoms with Gasteiger partial charge in [-0.2, -0.15) is 0 Å². The maximum Gasteiger partial charge on any atom is 0.410 e. The summed E-state index contributed by atoms with van der Waals surface area (Å²) in [6.45, 7) is 7.06. The summed E-state index contributed by atoms with van der Waals surface area (Å²) in [5, 5.41) is 0. The van der Waals surface area contributed by atoms with Crippen molar-refractivity contribution in [2.24, 2.45) is 0 Å². The van der Waals surface area contributed by atoms with Crippen LogP contribution in [0, 0.1) is 5.82 Å². The van der Waals surface area contributed by atoms with Crippen LogP contribution in [-0.2, 0) is 20.7 Å². The van der Waals surface area contributed by atoms with Crippen LogP contribution in [0.25, 0.3) is 0 Å². The van der Waals surface area contributed by atoms with Gasteiger partial charge in [-0.3, -0.25) is 4.79 Å². The molecule has 0 radical (unpaired) electrons. The maximum atomic E-state index is 13.7. The van der Waals surface area contributed by atoms with Crippen LogP contribution in [-0.4, -0.2) is 59.7 Å². The normalized spacial score (nSPS) is 21.2. The molecule has 2 amide bonds. The molecular weight excluding hydrogens is 423 g/mol. The van der Waals surface area contributed by atoms with Crippen molar-refractivity contribution in [1.29, 1.82) is 0 Å². The van der Waals surface area contributed by atoms with Crippen molar-refractivity contribution in [2.45, 2.75) is 51.4 Å². The molecule has 2 heterocycles. The third-order valence-corrected chi connectivity index (χ3v) is 6.02. The van der Waals surface area contributed by atoms with Gasteiger partial charge >= 0.3 is 6.09 Å². The van der Waals surface area contributed by atoms with Gasteiger partial charge in [0.05, 0.1) is 12.6 Å². The van der Waals surface area contributed by atoms with E-state index in [0.29, 0.717) is 26.1 Å². The van der Waals surface area contributed by atoms with Crippen LogP contribution < -0.4 is 0 Å². The van der Waals surface area contributed by atoms with Gasteiger partial charge in [0.2, 0.25) is 0 Å². The SMILES string of the molecule is CC(C)(C)OC(=O)N1CCO[C@@H](C(=O)N2CCc3ccccc3[C@@H]2c2ccc(F)cc2)CC1. The molecule has 1 saturated heterocycles. The Hall–Kier alpha value is -2.93. The third kappa shape index (κ3) is 5.36. The number of carbonyl (C=O) groups excluding carboxylic acids is 2. The summed E-state index contributed by atoms with van der Waals surface area (Å²) in [5.74, 6) is -0.417. The molecule has 176 valence electrons. The lowest BCUT2D eigenvalue weighted by molar-refractivity contribution is -0.145. The molecule has 0 aliphatic carbocycles. The van der Waals surface area contributed by atoms with Crippen molar-refractivity contribution in [3.63, 3.8) is 0 Å².